The summed E-state index contributed by atoms with van der Waals surface area (Å²) in [6.45, 7) is 7.07. The molecule has 0 aromatic heterocycles. The summed E-state index contributed by atoms with van der Waals surface area (Å²) in [6.07, 6.45) is 3.45. The molecule has 0 radical (unpaired) electrons. The van der Waals surface area contributed by atoms with E-state index in [2.05, 4.69) is 24.1 Å². The number of hydrogen-bond donors (Lipinski definition) is 1. The van der Waals surface area contributed by atoms with E-state index in [1.54, 1.807) is 0 Å². The summed E-state index contributed by atoms with van der Waals surface area (Å²) in [4.78, 5) is 15.1. The second-order valence-electron chi connectivity index (χ2n) is 6.94. The number of halogens is 2. The van der Waals surface area contributed by atoms with Crippen LogP contribution in [0, 0.1) is 11.8 Å². The van der Waals surface area contributed by atoms with Gasteiger partial charge in [0.05, 0.1) is 5.92 Å². The van der Waals surface area contributed by atoms with Crippen LogP contribution in [0.1, 0.15) is 44.6 Å². The molecule has 136 valence electrons. The van der Waals surface area contributed by atoms with Crippen LogP contribution >= 0.6 is 24.0 Å². The van der Waals surface area contributed by atoms with Gasteiger partial charge in [0.1, 0.15) is 0 Å². The van der Waals surface area contributed by atoms with E-state index in [9.17, 15) is 4.79 Å². The maximum atomic E-state index is 13.0. The lowest BCUT2D eigenvalue weighted by atomic mass is 9.85. The number of carbonyl (C=O) groups excluding carboxylic acids is 1. The highest BCUT2D eigenvalue weighted by Crippen LogP contribution is 2.30. The minimum Gasteiger partial charge on any atom is -0.342 e. The van der Waals surface area contributed by atoms with Crippen LogP contribution in [0.2, 0.25) is 5.02 Å². The van der Waals surface area contributed by atoms with E-state index in [1.807, 2.05) is 31.3 Å². The van der Waals surface area contributed by atoms with Crippen LogP contribution < -0.4 is 5.32 Å². The molecule has 1 amide bonds. The first-order valence-corrected chi connectivity index (χ1v) is 9.09. The lowest BCUT2D eigenvalue weighted by Crippen LogP contribution is -2.42. The fourth-order valence-corrected chi connectivity index (χ4v) is 3.70. The molecule has 0 spiro atoms. The van der Waals surface area contributed by atoms with Crippen LogP contribution in [0.3, 0.4) is 0 Å². The largest absolute Gasteiger partial charge is 0.342 e. The molecule has 1 N–H and O–H groups in total. The Morgan fingerprint density at radius 2 is 2.00 bits per heavy atom. The lowest BCUT2D eigenvalue weighted by molar-refractivity contribution is -0.135. The van der Waals surface area contributed by atoms with E-state index in [0.29, 0.717) is 5.02 Å². The Morgan fingerprint density at radius 1 is 1.33 bits per heavy atom. The number of amides is 1. The Hall–Kier alpha value is -0.770. The first kappa shape index (κ1) is 21.3. The molecule has 1 atom stereocenters. The Kier molecular flexibility index (Phi) is 9.11. The molecule has 1 unspecified atom stereocenters. The van der Waals surface area contributed by atoms with Gasteiger partial charge in [-0.05, 0) is 62.4 Å². The average Bonchev–Trinajstić information content (AvgIpc) is 2.53. The maximum Gasteiger partial charge on any atom is 0.230 e. The van der Waals surface area contributed by atoms with Gasteiger partial charge in [-0.3, -0.25) is 4.79 Å². The summed E-state index contributed by atoms with van der Waals surface area (Å²) in [5.41, 5.74) is 1.04. The molecule has 1 heterocycles. The fraction of sp³-hybridized carbons (Fsp3) is 0.632. The number of nitrogens with zero attached hydrogens (tertiary/aromatic N) is 1. The zero-order valence-electron chi connectivity index (χ0n) is 14.9. The molecule has 1 aromatic carbocycles. The summed E-state index contributed by atoms with van der Waals surface area (Å²) >= 11 is 6.12. The number of nitrogens with one attached hydrogen (secondary N) is 1. The molecule has 0 aliphatic carbocycles. The van der Waals surface area contributed by atoms with Crippen molar-refractivity contribution in [2.75, 3.05) is 26.7 Å². The second-order valence-corrected chi connectivity index (χ2v) is 7.37. The van der Waals surface area contributed by atoms with Crippen molar-refractivity contribution >= 4 is 29.9 Å². The molecule has 1 aliphatic rings. The molecule has 2 rings (SSSR count). The average molecular weight is 373 g/mol. The highest BCUT2D eigenvalue weighted by atomic mass is 35.5. The molecule has 1 fully saturated rings. The SMILES string of the molecule is CNCCC1CCN(C(=O)C(c2cccc(Cl)c2)C(C)C)CC1.Cl. The fourth-order valence-electron chi connectivity index (χ4n) is 3.50. The quantitative estimate of drug-likeness (QED) is 0.804. The Labute approximate surface area is 157 Å². The van der Waals surface area contributed by atoms with Gasteiger partial charge in [0.15, 0.2) is 0 Å². The Bertz CT molecular complexity index is 514. The minimum absolute atomic E-state index is 0. The van der Waals surface area contributed by atoms with E-state index in [0.717, 1.165) is 44.0 Å². The number of benzene rings is 1. The number of hydrogen-bond acceptors (Lipinski definition) is 2. The van der Waals surface area contributed by atoms with Gasteiger partial charge < -0.3 is 10.2 Å². The summed E-state index contributed by atoms with van der Waals surface area (Å²) < 4.78 is 0. The lowest BCUT2D eigenvalue weighted by Gasteiger charge is -2.35. The van der Waals surface area contributed by atoms with E-state index in [4.69, 9.17) is 11.6 Å². The molecule has 0 bridgehead atoms. The van der Waals surface area contributed by atoms with Crippen molar-refractivity contribution in [2.45, 2.75) is 39.0 Å². The van der Waals surface area contributed by atoms with Gasteiger partial charge in [-0.1, -0.05) is 37.6 Å². The van der Waals surface area contributed by atoms with Gasteiger partial charge in [0.25, 0.3) is 0 Å². The molecule has 1 saturated heterocycles. The van der Waals surface area contributed by atoms with Crippen molar-refractivity contribution in [2.24, 2.45) is 11.8 Å². The van der Waals surface area contributed by atoms with Crippen LogP contribution in [0.15, 0.2) is 24.3 Å². The van der Waals surface area contributed by atoms with Crippen molar-refractivity contribution in [3.8, 4) is 0 Å². The topological polar surface area (TPSA) is 32.3 Å². The van der Waals surface area contributed by atoms with Gasteiger partial charge in [0, 0.05) is 18.1 Å². The summed E-state index contributed by atoms with van der Waals surface area (Å²) in [7, 11) is 2.00. The van der Waals surface area contributed by atoms with Gasteiger partial charge in [0.2, 0.25) is 5.91 Å². The first-order chi connectivity index (χ1) is 11.0. The molecule has 5 heteroatoms. The minimum atomic E-state index is -0.0949. The standard InChI is InChI=1S/C19H29ClN2O.ClH/c1-14(2)18(16-5-4-6-17(20)13-16)19(23)22-11-8-15(9-12-22)7-10-21-3;/h4-6,13-15,18,21H,7-12H2,1-3H3;1H. The van der Waals surface area contributed by atoms with Gasteiger partial charge in [-0.15, -0.1) is 12.4 Å². The molecule has 24 heavy (non-hydrogen) atoms. The number of likely N-dealkylation sites (tertiary alicyclic amines) is 1. The van der Waals surface area contributed by atoms with Crippen molar-refractivity contribution in [3.63, 3.8) is 0 Å². The van der Waals surface area contributed by atoms with Crippen LogP contribution in [-0.2, 0) is 4.79 Å². The van der Waals surface area contributed by atoms with E-state index in [-0.39, 0.29) is 30.2 Å². The Balaban J connectivity index is 0.00000288. The van der Waals surface area contributed by atoms with E-state index < -0.39 is 0 Å². The van der Waals surface area contributed by atoms with Gasteiger partial charge in [-0.25, -0.2) is 0 Å². The maximum absolute atomic E-state index is 13.0. The van der Waals surface area contributed by atoms with Crippen LogP contribution in [0.25, 0.3) is 0 Å². The first-order valence-electron chi connectivity index (χ1n) is 8.71. The zero-order chi connectivity index (χ0) is 16.8. The number of carbonyl (C=O) groups is 1. The highest BCUT2D eigenvalue weighted by Gasteiger charge is 2.31. The molecule has 1 aliphatic heterocycles. The second kappa shape index (κ2) is 10.3. The Morgan fingerprint density at radius 3 is 2.54 bits per heavy atom. The van der Waals surface area contributed by atoms with Crippen LogP contribution in [0.5, 0.6) is 0 Å². The van der Waals surface area contributed by atoms with Crippen LogP contribution in [0.4, 0.5) is 0 Å². The van der Waals surface area contributed by atoms with Crippen molar-refractivity contribution in [1.82, 2.24) is 10.2 Å². The van der Waals surface area contributed by atoms with E-state index >= 15 is 0 Å². The third-order valence-electron chi connectivity index (χ3n) is 4.87. The van der Waals surface area contributed by atoms with E-state index in [1.165, 1.54) is 6.42 Å². The molecular formula is C19H30Cl2N2O. The zero-order valence-corrected chi connectivity index (χ0v) is 16.5. The smallest absolute Gasteiger partial charge is 0.230 e. The normalized spacial score (nSPS) is 16.8. The predicted molar refractivity (Wildman–Crippen MR) is 104 cm³/mol. The predicted octanol–water partition coefficient (Wildman–Crippen LogP) is 4.35. The molecular weight excluding hydrogens is 343 g/mol. The van der Waals surface area contributed by atoms with Crippen molar-refractivity contribution in [3.05, 3.63) is 34.9 Å². The summed E-state index contributed by atoms with van der Waals surface area (Å²) in [5.74, 6) is 1.18. The van der Waals surface area contributed by atoms with Crippen molar-refractivity contribution in [1.29, 1.82) is 0 Å². The van der Waals surface area contributed by atoms with Gasteiger partial charge in [-0.2, -0.15) is 0 Å². The van der Waals surface area contributed by atoms with Crippen molar-refractivity contribution < 1.29 is 4.79 Å². The third kappa shape index (κ3) is 5.65. The number of rotatable bonds is 6. The molecule has 0 saturated carbocycles. The van der Waals surface area contributed by atoms with Crippen LogP contribution in [-0.4, -0.2) is 37.5 Å². The summed E-state index contributed by atoms with van der Waals surface area (Å²) in [5, 5.41) is 3.92. The summed E-state index contributed by atoms with van der Waals surface area (Å²) in [6, 6.07) is 7.75. The monoisotopic (exact) mass is 372 g/mol. The number of piperidine rings is 1. The highest BCUT2D eigenvalue weighted by molar-refractivity contribution is 6.30. The molecule has 1 aromatic rings. The third-order valence-corrected chi connectivity index (χ3v) is 5.10. The molecule has 3 nitrogen and oxygen atoms in total. The van der Waals surface area contributed by atoms with Gasteiger partial charge >= 0.3 is 0 Å².